The molecule has 1 aliphatic carbocycles. The monoisotopic (exact) mass is 253 g/mol. The van der Waals surface area contributed by atoms with Crippen molar-refractivity contribution in [3.63, 3.8) is 0 Å². The summed E-state index contributed by atoms with van der Waals surface area (Å²) < 4.78 is 5.18. The van der Waals surface area contributed by atoms with Crippen molar-refractivity contribution in [2.75, 3.05) is 14.2 Å². The summed E-state index contributed by atoms with van der Waals surface area (Å²) in [7, 11) is 3.66. The van der Waals surface area contributed by atoms with Gasteiger partial charge in [-0.05, 0) is 42.5 Å². The van der Waals surface area contributed by atoms with Gasteiger partial charge in [0.15, 0.2) is 0 Å². The molecule has 0 aromatic heterocycles. The largest absolute Gasteiger partial charge is 0.497 e. The zero-order chi connectivity index (χ0) is 12.6. The van der Waals surface area contributed by atoms with Crippen LogP contribution >= 0.6 is 11.6 Å². The normalized spacial score (nSPS) is 23.2. The lowest BCUT2D eigenvalue weighted by Gasteiger charge is -2.20. The molecule has 2 unspecified atom stereocenters. The molecule has 0 heterocycles. The first-order valence-electron chi connectivity index (χ1n) is 6.00. The molecule has 2 nitrogen and oxygen atoms in total. The van der Waals surface area contributed by atoms with Crippen LogP contribution in [0.25, 0.3) is 0 Å². The molecule has 1 saturated carbocycles. The van der Waals surface area contributed by atoms with Crippen LogP contribution in [0.15, 0.2) is 18.2 Å². The third kappa shape index (κ3) is 2.43. The van der Waals surface area contributed by atoms with Crippen molar-refractivity contribution < 1.29 is 4.74 Å². The molecule has 1 aliphatic rings. The van der Waals surface area contributed by atoms with Gasteiger partial charge in [-0.2, -0.15) is 0 Å². The fourth-order valence-electron chi connectivity index (χ4n) is 2.54. The Hall–Kier alpha value is -0.730. The summed E-state index contributed by atoms with van der Waals surface area (Å²) in [5, 5.41) is 4.17. The highest BCUT2D eigenvalue weighted by molar-refractivity contribution is 6.31. The van der Waals surface area contributed by atoms with Crippen LogP contribution in [0.2, 0.25) is 5.02 Å². The Bertz CT molecular complexity index is 417. The van der Waals surface area contributed by atoms with Gasteiger partial charge in [0, 0.05) is 11.1 Å². The first-order chi connectivity index (χ1) is 7.99. The van der Waals surface area contributed by atoms with E-state index in [4.69, 9.17) is 16.3 Å². The lowest BCUT2D eigenvalue weighted by molar-refractivity contribution is 0.413. The first kappa shape index (κ1) is 12.7. The van der Waals surface area contributed by atoms with E-state index in [2.05, 4.69) is 25.2 Å². The van der Waals surface area contributed by atoms with E-state index in [1.807, 2.05) is 19.2 Å². The molecule has 0 saturated heterocycles. The van der Waals surface area contributed by atoms with Crippen LogP contribution < -0.4 is 10.1 Å². The van der Waals surface area contributed by atoms with E-state index in [1.165, 1.54) is 12.0 Å². The van der Waals surface area contributed by atoms with E-state index in [0.29, 0.717) is 17.4 Å². The Morgan fingerprint density at radius 1 is 1.47 bits per heavy atom. The zero-order valence-electron chi connectivity index (χ0n) is 10.9. The van der Waals surface area contributed by atoms with Gasteiger partial charge in [-0.1, -0.05) is 31.5 Å². The van der Waals surface area contributed by atoms with Crippen molar-refractivity contribution in [2.45, 2.75) is 26.3 Å². The number of benzene rings is 1. The van der Waals surface area contributed by atoms with E-state index in [0.717, 1.165) is 10.8 Å². The van der Waals surface area contributed by atoms with Gasteiger partial charge in [0.25, 0.3) is 0 Å². The molecular formula is C14H20ClNO. The van der Waals surface area contributed by atoms with E-state index in [1.54, 1.807) is 7.11 Å². The van der Waals surface area contributed by atoms with Gasteiger partial charge in [0.1, 0.15) is 5.75 Å². The summed E-state index contributed by atoms with van der Waals surface area (Å²) in [4.78, 5) is 0. The van der Waals surface area contributed by atoms with Crippen molar-refractivity contribution in [3.8, 4) is 5.75 Å². The van der Waals surface area contributed by atoms with Crippen molar-refractivity contribution >= 4 is 11.6 Å². The van der Waals surface area contributed by atoms with Crippen LogP contribution in [0.3, 0.4) is 0 Å². The molecule has 94 valence electrons. The van der Waals surface area contributed by atoms with E-state index < -0.39 is 0 Å². The van der Waals surface area contributed by atoms with Gasteiger partial charge in [-0.15, -0.1) is 0 Å². The summed E-state index contributed by atoms with van der Waals surface area (Å²) in [6, 6.07) is 6.26. The molecule has 0 aliphatic heterocycles. The maximum atomic E-state index is 6.33. The van der Waals surface area contributed by atoms with Crippen LogP contribution in [-0.4, -0.2) is 14.2 Å². The topological polar surface area (TPSA) is 21.3 Å². The van der Waals surface area contributed by atoms with Gasteiger partial charge >= 0.3 is 0 Å². The first-order valence-corrected chi connectivity index (χ1v) is 6.38. The van der Waals surface area contributed by atoms with Gasteiger partial charge in [-0.3, -0.25) is 0 Å². The van der Waals surface area contributed by atoms with E-state index in [9.17, 15) is 0 Å². The van der Waals surface area contributed by atoms with Crippen LogP contribution in [0.5, 0.6) is 5.75 Å². The van der Waals surface area contributed by atoms with Crippen LogP contribution in [0.4, 0.5) is 0 Å². The summed E-state index contributed by atoms with van der Waals surface area (Å²) in [6.45, 7) is 4.61. The maximum absolute atomic E-state index is 6.33. The Morgan fingerprint density at radius 3 is 2.53 bits per heavy atom. The minimum atomic E-state index is 0.336. The third-order valence-corrected chi connectivity index (χ3v) is 4.17. The number of hydrogen-bond acceptors (Lipinski definition) is 2. The van der Waals surface area contributed by atoms with Crippen molar-refractivity contribution in [1.29, 1.82) is 0 Å². The number of methoxy groups -OCH3 is 1. The number of halogens is 1. The van der Waals surface area contributed by atoms with Crippen molar-refractivity contribution in [3.05, 3.63) is 28.8 Å². The van der Waals surface area contributed by atoms with E-state index >= 15 is 0 Å². The standard InChI is InChI=1S/C14H20ClNO/c1-14(2)8-11(14)13(16-3)10-6-5-9(17-4)7-12(10)15/h5-7,11,13,16H,8H2,1-4H3. The second kappa shape index (κ2) is 4.51. The van der Waals surface area contributed by atoms with Crippen molar-refractivity contribution in [1.82, 2.24) is 5.32 Å². The molecule has 1 aromatic rings. The van der Waals surface area contributed by atoms with Gasteiger partial charge in [-0.25, -0.2) is 0 Å². The second-order valence-corrected chi connectivity index (χ2v) is 5.86. The molecule has 1 fully saturated rings. The molecule has 0 amide bonds. The predicted molar refractivity (Wildman–Crippen MR) is 71.7 cm³/mol. The average molecular weight is 254 g/mol. The zero-order valence-corrected chi connectivity index (χ0v) is 11.6. The number of hydrogen-bond donors (Lipinski definition) is 1. The summed E-state index contributed by atoms with van der Waals surface area (Å²) >= 11 is 6.33. The number of ether oxygens (including phenoxy) is 1. The molecule has 1 N–H and O–H groups in total. The van der Waals surface area contributed by atoms with Crippen LogP contribution in [0.1, 0.15) is 31.9 Å². The Balaban J connectivity index is 2.26. The van der Waals surface area contributed by atoms with E-state index in [-0.39, 0.29) is 0 Å². The fraction of sp³-hybridized carbons (Fsp3) is 0.571. The Labute approximate surface area is 108 Å². The average Bonchev–Trinajstić information content (AvgIpc) is 2.91. The molecule has 0 bridgehead atoms. The Kier molecular flexibility index (Phi) is 3.37. The van der Waals surface area contributed by atoms with Gasteiger partial charge < -0.3 is 10.1 Å². The predicted octanol–water partition coefficient (Wildman–Crippen LogP) is 3.66. The summed E-state index contributed by atoms with van der Waals surface area (Å²) in [5.41, 5.74) is 1.60. The summed E-state index contributed by atoms with van der Waals surface area (Å²) in [6.07, 6.45) is 1.25. The summed E-state index contributed by atoms with van der Waals surface area (Å²) in [5.74, 6) is 1.47. The Morgan fingerprint density at radius 2 is 2.12 bits per heavy atom. The molecule has 3 heteroatoms. The fourth-order valence-corrected chi connectivity index (χ4v) is 2.83. The van der Waals surface area contributed by atoms with Crippen LogP contribution in [-0.2, 0) is 0 Å². The highest BCUT2D eigenvalue weighted by Crippen LogP contribution is 2.58. The SMILES string of the molecule is CNC(c1ccc(OC)cc1Cl)C1CC1(C)C. The highest BCUT2D eigenvalue weighted by Gasteiger charge is 2.50. The lowest BCUT2D eigenvalue weighted by Crippen LogP contribution is -2.20. The second-order valence-electron chi connectivity index (χ2n) is 5.45. The lowest BCUT2D eigenvalue weighted by atomic mass is 9.97. The van der Waals surface area contributed by atoms with Gasteiger partial charge in [0.05, 0.1) is 7.11 Å². The minimum absolute atomic E-state index is 0.336. The number of rotatable bonds is 4. The highest BCUT2D eigenvalue weighted by atomic mass is 35.5. The third-order valence-electron chi connectivity index (χ3n) is 3.85. The maximum Gasteiger partial charge on any atom is 0.120 e. The quantitative estimate of drug-likeness (QED) is 0.884. The molecular weight excluding hydrogens is 234 g/mol. The molecule has 0 radical (unpaired) electrons. The molecule has 2 rings (SSSR count). The molecule has 1 aromatic carbocycles. The number of nitrogens with one attached hydrogen (secondary N) is 1. The van der Waals surface area contributed by atoms with Crippen LogP contribution in [0, 0.1) is 11.3 Å². The molecule has 2 atom stereocenters. The molecule has 0 spiro atoms. The molecule has 17 heavy (non-hydrogen) atoms. The smallest absolute Gasteiger partial charge is 0.120 e. The van der Waals surface area contributed by atoms with Gasteiger partial charge in [0.2, 0.25) is 0 Å². The minimum Gasteiger partial charge on any atom is -0.497 e. The van der Waals surface area contributed by atoms with Crippen molar-refractivity contribution in [2.24, 2.45) is 11.3 Å².